The molecule has 34 heavy (non-hydrogen) atoms. The number of nitrogens with zero attached hydrogens (tertiary/aromatic N) is 1. The Hall–Kier alpha value is -3.55. The molecule has 0 radical (unpaired) electrons. The first-order valence-corrected chi connectivity index (χ1v) is 11.2. The molecule has 0 saturated heterocycles. The summed E-state index contributed by atoms with van der Waals surface area (Å²) in [4.78, 5) is 27.2. The summed E-state index contributed by atoms with van der Waals surface area (Å²) >= 11 is 0. The minimum atomic E-state index is -0.968. The van der Waals surface area contributed by atoms with E-state index in [9.17, 15) is 18.4 Å². The summed E-state index contributed by atoms with van der Waals surface area (Å²) in [5, 5.41) is 15.3. The number of carbonyl (C=O) groups is 2. The zero-order chi connectivity index (χ0) is 24.5. The Labute approximate surface area is 196 Å². The summed E-state index contributed by atoms with van der Waals surface area (Å²) in [5.41, 5.74) is 2.77. The van der Waals surface area contributed by atoms with Crippen LogP contribution < -0.4 is 10.6 Å². The molecular formula is C26H27F2N3O3. The molecule has 2 aromatic carbocycles. The lowest BCUT2D eigenvalue weighted by atomic mass is 9.61. The van der Waals surface area contributed by atoms with Crippen LogP contribution in [-0.2, 0) is 4.79 Å². The van der Waals surface area contributed by atoms with Gasteiger partial charge in [0, 0.05) is 23.6 Å². The van der Waals surface area contributed by atoms with Gasteiger partial charge in [0.05, 0.1) is 29.9 Å². The van der Waals surface area contributed by atoms with Crippen LogP contribution in [0.25, 0.3) is 10.9 Å². The van der Waals surface area contributed by atoms with E-state index in [1.54, 1.807) is 24.4 Å². The first kappa shape index (κ1) is 23.6. The number of carbonyl (C=O) groups excluding carboxylic acids is 1. The number of nitrogens with one attached hydrogen (secondary N) is 2. The molecule has 178 valence electrons. The monoisotopic (exact) mass is 467 g/mol. The highest BCUT2D eigenvalue weighted by molar-refractivity contribution is 5.94. The third kappa shape index (κ3) is 5.32. The van der Waals surface area contributed by atoms with E-state index in [1.165, 1.54) is 0 Å². The van der Waals surface area contributed by atoms with Crippen molar-refractivity contribution >= 4 is 28.5 Å². The molecule has 1 heterocycles. The highest BCUT2D eigenvalue weighted by Gasteiger charge is 2.41. The predicted molar refractivity (Wildman–Crippen MR) is 126 cm³/mol. The number of carboxylic acid groups (broad SMARTS) is 1. The summed E-state index contributed by atoms with van der Waals surface area (Å²) in [6.07, 6.45) is 3.51. The normalized spacial score (nSPS) is 16.0. The number of anilines is 1. The van der Waals surface area contributed by atoms with Gasteiger partial charge in [-0.15, -0.1) is 0 Å². The molecule has 1 aliphatic carbocycles. The molecule has 1 saturated carbocycles. The maximum absolute atomic E-state index is 13.7. The molecule has 0 unspecified atom stereocenters. The van der Waals surface area contributed by atoms with Crippen molar-refractivity contribution in [3.63, 3.8) is 0 Å². The van der Waals surface area contributed by atoms with Gasteiger partial charge >= 0.3 is 5.97 Å². The Balaban J connectivity index is 1.55. The van der Waals surface area contributed by atoms with Crippen molar-refractivity contribution in [1.29, 1.82) is 0 Å². The number of pyridine rings is 1. The van der Waals surface area contributed by atoms with Crippen LogP contribution in [-0.4, -0.2) is 28.5 Å². The molecule has 0 spiro atoms. The summed E-state index contributed by atoms with van der Waals surface area (Å²) in [6.45, 7) is 4.51. The molecule has 4 rings (SSSR count). The number of benzene rings is 2. The lowest BCUT2D eigenvalue weighted by Crippen LogP contribution is -2.38. The summed E-state index contributed by atoms with van der Waals surface area (Å²) in [6, 6.07) is 11.1. The predicted octanol–water partition coefficient (Wildman–Crippen LogP) is 5.31. The molecule has 6 nitrogen and oxygen atoms in total. The molecule has 8 heteroatoms. The molecular weight excluding hydrogens is 440 g/mol. The van der Waals surface area contributed by atoms with Crippen LogP contribution in [0.2, 0.25) is 0 Å². The third-order valence-electron chi connectivity index (χ3n) is 6.30. The van der Waals surface area contributed by atoms with E-state index in [-0.39, 0.29) is 30.3 Å². The highest BCUT2D eigenvalue weighted by Crippen LogP contribution is 2.51. The molecule has 3 N–H and O–H groups in total. The van der Waals surface area contributed by atoms with E-state index < -0.39 is 17.6 Å². The summed E-state index contributed by atoms with van der Waals surface area (Å²) in [7, 11) is 0. The fraction of sp³-hybridized carbons (Fsp3) is 0.346. The number of aromatic nitrogens is 1. The van der Waals surface area contributed by atoms with Crippen molar-refractivity contribution in [2.75, 3.05) is 11.9 Å². The van der Waals surface area contributed by atoms with E-state index in [2.05, 4.69) is 29.5 Å². The average molecular weight is 468 g/mol. The van der Waals surface area contributed by atoms with Gasteiger partial charge in [0.2, 0.25) is 0 Å². The minimum Gasteiger partial charge on any atom is -0.481 e. The second kappa shape index (κ2) is 9.37. The second-order valence-electron chi connectivity index (χ2n) is 9.66. The summed E-state index contributed by atoms with van der Waals surface area (Å²) in [5.74, 6) is -2.78. The van der Waals surface area contributed by atoms with Crippen LogP contribution in [0.15, 0.2) is 48.7 Å². The SMILES string of the molecule is CC1(C)CC([C@@H](Nc2cnc3cc(F)c(F)cc3c2)c2ccc(C(=O)NCCC(=O)O)cc2)C1. The van der Waals surface area contributed by atoms with Gasteiger partial charge < -0.3 is 15.7 Å². The molecule has 1 aromatic heterocycles. The van der Waals surface area contributed by atoms with Gasteiger partial charge in [-0.1, -0.05) is 26.0 Å². The summed E-state index contributed by atoms with van der Waals surface area (Å²) < 4.78 is 27.2. The fourth-order valence-corrected chi connectivity index (χ4v) is 4.68. The molecule has 1 aliphatic rings. The van der Waals surface area contributed by atoms with Gasteiger partial charge in [0.1, 0.15) is 0 Å². The molecule has 0 aliphatic heterocycles. The van der Waals surface area contributed by atoms with Crippen LogP contribution in [0, 0.1) is 23.0 Å². The molecule has 0 bridgehead atoms. The molecule has 1 fully saturated rings. The van der Waals surface area contributed by atoms with Crippen molar-refractivity contribution in [3.05, 3.63) is 71.4 Å². The van der Waals surface area contributed by atoms with E-state index in [0.29, 0.717) is 28.1 Å². The number of hydrogen-bond donors (Lipinski definition) is 3. The molecule has 1 atom stereocenters. The number of fused-ring (bicyclic) bond motifs is 1. The van der Waals surface area contributed by atoms with Crippen LogP contribution in [0.3, 0.4) is 0 Å². The zero-order valence-electron chi connectivity index (χ0n) is 19.1. The van der Waals surface area contributed by atoms with E-state index in [4.69, 9.17) is 5.11 Å². The first-order chi connectivity index (χ1) is 16.1. The van der Waals surface area contributed by atoms with Gasteiger partial charge in [0.15, 0.2) is 11.6 Å². The number of hydrogen-bond acceptors (Lipinski definition) is 4. The molecule has 1 amide bonds. The third-order valence-corrected chi connectivity index (χ3v) is 6.30. The van der Waals surface area contributed by atoms with E-state index >= 15 is 0 Å². The van der Waals surface area contributed by atoms with E-state index in [0.717, 1.165) is 30.5 Å². The second-order valence-corrected chi connectivity index (χ2v) is 9.66. The first-order valence-electron chi connectivity index (χ1n) is 11.2. The van der Waals surface area contributed by atoms with Gasteiger partial charge in [-0.2, -0.15) is 0 Å². The van der Waals surface area contributed by atoms with Crippen LogP contribution in [0.4, 0.5) is 14.5 Å². The smallest absolute Gasteiger partial charge is 0.305 e. The Kier molecular flexibility index (Phi) is 6.50. The highest BCUT2D eigenvalue weighted by atomic mass is 19.2. The number of rotatable bonds is 8. The maximum atomic E-state index is 13.7. The van der Waals surface area contributed by atoms with Crippen molar-refractivity contribution in [1.82, 2.24) is 10.3 Å². The Morgan fingerprint density at radius 1 is 1.12 bits per heavy atom. The van der Waals surface area contributed by atoms with Gasteiger partial charge in [-0.25, -0.2) is 8.78 Å². The van der Waals surface area contributed by atoms with Crippen molar-refractivity contribution in [2.45, 2.75) is 39.2 Å². The largest absolute Gasteiger partial charge is 0.481 e. The average Bonchev–Trinajstić information content (AvgIpc) is 2.76. The van der Waals surface area contributed by atoms with Crippen molar-refractivity contribution in [2.24, 2.45) is 11.3 Å². The fourth-order valence-electron chi connectivity index (χ4n) is 4.68. The topological polar surface area (TPSA) is 91.3 Å². The number of amides is 1. The Morgan fingerprint density at radius 2 is 1.79 bits per heavy atom. The van der Waals surface area contributed by atoms with Crippen molar-refractivity contribution in [3.8, 4) is 0 Å². The van der Waals surface area contributed by atoms with Crippen LogP contribution >= 0.6 is 0 Å². The molecule has 3 aromatic rings. The number of halogens is 2. The minimum absolute atomic E-state index is 0.0540. The van der Waals surface area contributed by atoms with E-state index in [1.807, 2.05) is 12.1 Å². The standard InChI is InChI=1S/C26H27F2N3O3/c1-26(2)12-18(13-26)24(15-3-5-16(6-4-15)25(34)29-8-7-23(32)33)31-19-9-17-10-20(27)21(28)11-22(17)30-14-19/h3-6,9-11,14,18,24,31H,7-8,12-13H2,1-2H3,(H,29,34)(H,32,33)/t24-/m0/s1. The Bertz CT molecular complexity index is 1220. The lowest BCUT2D eigenvalue weighted by Gasteiger charge is -2.47. The van der Waals surface area contributed by atoms with Gasteiger partial charge in [0.25, 0.3) is 5.91 Å². The maximum Gasteiger partial charge on any atom is 0.305 e. The lowest BCUT2D eigenvalue weighted by molar-refractivity contribution is -0.136. The van der Waals surface area contributed by atoms with Crippen LogP contribution in [0.1, 0.15) is 55.1 Å². The Morgan fingerprint density at radius 3 is 2.44 bits per heavy atom. The van der Waals surface area contributed by atoms with Gasteiger partial charge in [-0.3, -0.25) is 14.6 Å². The zero-order valence-corrected chi connectivity index (χ0v) is 19.1. The van der Waals surface area contributed by atoms with Gasteiger partial charge in [-0.05, 0) is 54.0 Å². The number of aliphatic carboxylic acids is 1. The quantitative estimate of drug-likeness (QED) is 0.418. The van der Waals surface area contributed by atoms with Crippen molar-refractivity contribution < 1.29 is 23.5 Å². The van der Waals surface area contributed by atoms with Crippen LogP contribution in [0.5, 0.6) is 0 Å². The number of carboxylic acids is 1.